The molecular weight excluding hydrogens is 275 g/mol. The van der Waals surface area contributed by atoms with E-state index in [1.54, 1.807) is 12.1 Å². The fourth-order valence-corrected chi connectivity index (χ4v) is 1.97. The van der Waals surface area contributed by atoms with E-state index in [0.717, 1.165) is 15.9 Å². The zero-order valence-corrected chi connectivity index (χ0v) is 9.96. The van der Waals surface area contributed by atoms with Crippen LogP contribution in [0.5, 0.6) is 0 Å². The van der Waals surface area contributed by atoms with Crippen LogP contribution in [0.15, 0.2) is 28.9 Å². The number of aromatic amines is 1. The zero-order valence-electron chi connectivity index (χ0n) is 8.37. The molecule has 3 nitrogen and oxygen atoms in total. The molecule has 0 radical (unpaired) electrons. The SMILES string of the molecule is OCCc1nc(-c2ccc(F)cc2)c(Br)[nH]1. The van der Waals surface area contributed by atoms with Gasteiger partial charge in [0, 0.05) is 12.0 Å². The second kappa shape index (κ2) is 4.76. The molecular formula is C11H10BrFN2O. The van der Waals surface area contributed by atoms with Crippen molar-refractivity contribution in [3.8, 4) is 11.3 Å². The summed E-state index contributed by atoms with van der Waals surface area (Å²) in [4.78, 5) is 7.33. The number of nitrogens with one attached hydrogen (secondary N) is 1. The van der Waals surface area contributed by atoms with Crippen molar-refractivity contribution in [3.05, 3.63) is 40.5 Å². The normalized spacial score (nSPS) is 10.7. The van der Waals surface area contributed by atoms with Crippen LogP contribution in [0.3, 0.4) is 0 Å². The predicted molar refractivity (Wildman–Crippen MR) is 62.5 cm³/mol. The Morgan fingerprint density at radius 2 is 2.00 bits per heavy atom. The molecule has 0 aliphatic carbocycles. The zero-order chi connectivity index (χ0) is 11.5. The van der Waals surface area contributed by atoms with E-state index in [4.69, 9.17) is 5.11 Å². The van der Waals surface area contributed by atoms with Crippen LogP contribution in [0, 0.1) is 5.82 Å². The maximum atomic E-state index is 12.8. The van der Waals surface area contributed by atoms with Gasteiger partial charge >= 0.3 is 0 Å². The number of hydrogen-bond donors (Lipinski definition) is 2. The van der Waals surface area contributed by atoms with Crippen molar-refractivity contribution in [2.75, 3.05) is 6.61 Å². The Morgan fingerprint density at radius 1 is 1.31 bits per heavy atom. The quantitative estimate of drug-likeness (QED) is 0.910. The van der Waals surface area contributed by atoms with Crippen LogP contribution in [-0.4, -0.2) is 21.7 Å². The number of H-pyrrole nitrogens is 1. The van der Waals surface area contributed by atoms with Gasteiger partial charge in [0.25, 0.3) is 0 Å². The summed E-state index contributed by atoms with van der Waals surface area (Å²) in [5.74, 6) is 0.430. The highest BCUT2D eigenvalue weighted by Gasteiger charge is 2.09. The highest BCUT2D eigenvalue weighted by molar-refractivity contribution is 9.10. The van der Waals surface area contributed by atoms with Gasteiger partial charge in [0.05, 0.1) is 6.61 Å². The molecule has 0 saturated carbocycles. The van der Waals surface area contributed by atoms with Crippen LogP contribution in [0.2, 0.25) is 0 Å². The van der Waals surface area contributed by atoms with Crippen LogP contribution in [-0.2, 0) is 6.42 Å². The van der Waals surface area contributed by atoms with Gasteiger partial charge in [0.1, 0.15) is 21.9 Å². The third-order valence-electron chi connectivity index (χ3n) is 2.17. The van der Waals surface area contributed by atoms with Gasteiger partial charge in [-0.05, 0) is 40.2 Å². The summed E-state index contributed by atoms with van der Waals surface area (Å²) in [5, 5.41) is 8.80. The number of aliphatic hydroxyl groups is 1. The minimum Gasteiger partial charge on any atom is -0.396 e. The minimum atomic E-state index is -0.272. The van der Waals surface area contributed by atoms with Crippen molar-refractivity contribution in [1.82, 2.24) is 9.97 Å². The molecule has 2 aromatic rings. The Kier molecular flexibility index (Phi) is 3.36. The Bertz CT molecular complexity index is 481. The molecule has 16 heavy (non-hydrogen) atoms. The Hall–Kier alpha value is -1.20. The molecule has 0 aliphatic heterocycles. The van der Waals surface area contributed by atoms with Gasteiger partial charge in [-0.1, -0.05) is 0 Å². The van der Waals surface area contributed by atoms with Crippen LogP contribution >= 0.6 is 15.9 Å². The summed E-state index contributed by atoms with van der Waals surface area (Å²) in [6.07, 6.45) is 0.472. The number of imidazole rings is 1. The number of hydrogen-bond acceptors (Lipinski definition) is 2. The Balaban J connectivity index is 2.36. The Morgan fingerprint density at radius 3 is 2.62 bits per heavy atom. The molecule has 0 amide bonds. The van der Waals surface area contributed by atoms with Crippen molar-refractivity contribution in [3.63, 3.8) is 0 Å². The van der Waals surface area contributed by atoms with E-state index in [1.165, 1.54) is 12.1 Å². The van der Waals surface area contributed by atoms with Crippen LogP contribution in [0.4, 0.5) is 4.39 Å². The molecule has 2 N–H and O–H groups in total. The fraction of sp³-hybridized carbons (Fsp3) is 0.182. The molecule has 0 aliphatic rings. The highest BCUT2D eigenvalue weighted by atomic mass is 79.9. The lowest BCUT2D eigenvalue weighted by Gasteiger charge is -1.96. The van der Waals surface area contributed by atoms with Gasteiger partial charge < -0.3 is 10.1 Å². The summed E-state index contributed by atoms with van der Waals surface area (Å²) in [6.45, 7) is 0.0445. The lowest BCUT2D eigenvalue weighted by Crippen LogP contribution is -1.92. The van der Waals surface area contributed by atoms with Gasteiger partial charge in [-0.15, -0.1) is 0 Å². The summed E-state index contributed by atoms with van der Waals surface area (Å²) >= 11 is 3.35. The second-order valence-corrected chi connectivity index (χ2v) is 4.12. The first kappa shape index (κ1) is 11.3. The molecule has 0 spiro atoms. The maximum Gasteiger partial charge on any atom is 0.123 e. The number of nitrogens with zero attached hydrogens (tertiary/aromatic N) is 1. The minimum absolute atomic E-state index is 0.0445. The maximum absolute atomic E-state index is 12.8. The number of aromatic nitrogens is 2. The molecule has 0 atom stereocenters. The van der Waals surface area contributed by atoms with E-state index >= 15 is 0 Å². The second-order valence-electron chi connectivity index (χ2n) is 3.33. The van der Waals surface area contributed by atoms with E-state index in [-0.39, 0.29) is 12.4 Å². The molecule has 0 saturated heterocycles. The van der Waals surface area contributed by atoms with Gasteiger partial charge in [0.15, 0.2) is 0 Å². The van der Waals surface area contributed by atoms with Crippen molar-refractivity contribution >= 4 is 15.9 Å². The first-order valence-electron chi connectivity index (χ1n) is 4.82. The lowest BCUT2D eigenvalue weighted by atomic mass is 10.2. The molecule has 0 fully saturated rings. The molecule has 1 heterocycles. The lowest BCUT2D eigenvalue weighted by molar-refractivity contribution is 0.297. The summed E-state index contributed by atoms with van der Waals surface area (Å²) < 4.78 is 13.5. The Labute approximate surface area is 100 Å². The predicted octanol–water partition coefficient (Wildman–Crippen LogP) is 2.51. The van der Waals surface area contributed by atoms with Gasteiger partial charge in [-0.2, -0.15) is 0 Å². The number of aliphatic hydroxyl groups excluding tert-OH is 1. The van der Waals surface area contributed by atoms with Crippen LogP contribution in [0.1, 0.15) is 5.82 Å². The van der Waals surface area contributed by atoms with Gasteiger partial charge in [0.2, 0.25) is 0 Å². The van der Waals surface area contributed by atoms with E-state index in [0.29, 0.717) is 12.2 Å². The van der Waals surface area contributed by atoms with E-state index in [2.05, 4.69) is 25.9 Å². The van der Waals surface area contributed by atoms with Crippen molar-refractivity contribution < 1.29 is 9.50 Å². The van der Waals surface area contributed by atoms with Crippen molar-refractivity contribution in [1.29, 1.82) is 0 Å². The third-order valence-corrected chi connectivity index (χ3v) is 2.75. The molecule has 0 unspecified atom stereocenters. The molecule has 84 valence electrons. The number of halogens is 2. The van der Waals surface area contributed by atoms with Crippen molar-refractivity contribution in [2.45, 2.75) is 6.42 Å². The largest absolute Gasteiger partial charge is 0.396 e. The molecule has 5 heteroatoms. The van der Waals surface area contributed by atoms with Crippen LogP contribution in [0.25, 0.3) is 11.3 Å². The first-order chi connectivity index (χ1) is 7.70. The van der Waals surface area contributed by atoms with Crippen molar-refractivity contribution in [2.24, 2.45) is 0 Å². The molecule has 0 bridgehead atoms. The topological polar surface area (TPSA) is 48.9 Å². The smallest absolute Gasteiger partial charge is 0.123 e. The van der Waals surface area contributed by atoms with Gasteiger partial charge in [-0.3, -0.25) is 0 Å². The monoisotopic (exact) mass is 284 g/mol. The number of benzene rings is 1. The standard InChI is InChI=1S/C11H10BrFN2O/c12-11-10(14-9(15-11)5-6-16)7-1-3-8(13)4-2-7/h1-4,16H,5-6H2,(H,14,15). The van der Waals surface area contributed by atoms with Gasteiger partial charge in [-0.25, -0.2) is 9.37 Å². The highest BCUT2D eigenvalue weighted by Crippen LogP contribution is 2.26. The van der Waals surface area contributed by atoms with E-state index in [1.807, 2.05) is 0 Å². The number of rotatable bonds is 3. The van der Waals surface area contributed by atoms with Crippen LogP contribution < -0.4 is 0 Å². The first-order valence-corrected chi connectivity index (χ1v) is 5.61. The molecule has 1 aromatic heterocycles. The summed E-state index contributed by atoms with van der Waals surface area (Å²) in [6, 6.07) is 6.11. The summed E-state index contributed by atoms with van der Waals surface area (Å²) in [5.41, 5.74) is 1.55. The fourth-order valence-electron chi connectivity index (χ4n) is 1.42. The summed E-state index contributed by atoms with van der Waals surface area (Å²) in [7, 11) is 0. The molecule has 2 rings (SSSR count). The van der Waals surface area contributed by atoms with E-state index < -0.39 is 0 Å². The molecule has 1 aromatic carbocycles. The average molecular weight is 285 g/mol. The average Bonchev–Trinajstić information content (AvgIpc) is 2.61. The third kappa shape index (κ3) is 2.31. The van der Waals surface area contributed by atoms with E-state index in [9.17, 15) is 4.39 Å².